The van der Waals surface area contributed by atoms with E-state index in [-0.39, 0.29) is 10.8 Å². The van der Waals surface area contributed by atoms with E-state index in [9.17, 15) is 0 Å². The van der Waals surface area contributed by atoms with E-state index in [0.717, 1.165) is 21.5 Å². The molecule has 0 radical (unpaired) electrons. The number of anilines is 3. The van der Waals surface area contributed by atoms with Gasteiger partial charge in [-0.25, -0.2) is 0 Å². The summed E-state index contributed by atoms with van der Waals surface area (Å²) in [5.41, 5.74) is 19.1. The molecule has 0 saturated heterocycles. The Labute approximate surface area is 290 Å². The van der Waals surface area contributed by atoms with E-state index in [0.29, 0.717) is 0 Å². The Morgan fingerprint density at radius 2 is 0.750 bits per heavy atom. The van der Waals surface area contributed by atoms with Crippen LogP contribution in [-0.4, -0.2) is 0 Å². The summed E-state index contributed by atoms with van der Waals surface area (Å²) in [5.74, 6) is 0. The second-order valence-electron chi connectivity index (χ2n) is 13.8. The number of nitrogens with zero attached hydrogens (tertiary/aromatic N) is 1. The largest absolute Gasteiger partial charge is 0.310 e. The van der Waals surface area contributed by atoms with Gasteiger partial charge in [0.25, 0.3) is 0 Å². The second-order valence-corrected chi connectivity index (χ2v) is 14.7. The van der Waals surface area contributed by atoms with Gasteiger partial charge in [0, 0.05) is 26.9 Å². The van der Waals surface area contributed by atoms with Crippen molar-refractivity contribution in [1.29, 1.82) is 0 Å². The molecule has 0 aliphatic heterocycles. The molecule has 48 heavy (non-hydrogen) atoms. The molecule has 0 atom stereocenters. The Balaban J connectivity index is 1.23. The third-order valence-electron chi connectivity index (χ3n) is 11.1. The van der Waals surface area contributed by atoms with Crippen LogP contribution in [0.4, 0.5) is 17.1 Å². The topological polar surface area (TPSA) is 3.24 Å². The summed E-state index contributed by atoms with van der Waals surface area (Å²) < 4.78 is 1.07. The van der Waals surface area contributed by atoms with Crippen LogP contribution in [-0.2, 0) is 10.8 Å². The van der Waals surface area contributed by atoms with Crippen molar-refractivity contribution in [3.8, 4) is 33.4 Å². The summed E-state index contributed by atoms with van der Waals surface area (Å²) in [4.78, 5) is 2.44. The molecule has 7 aromatic carbocycles. The molecule has 0 N–H and O–H groups in total. The minimum absolute atomic E-state index is 0.0891. The van der Waals surface area contributed by atoms with Crippen molar-refractivity contribution in [1.82, 2.24) is 0 Å². The van der Waals surface area contributed by atoms with Crippen LogP contribution in [0.25, 0.3) is 33.4 Å². The third-order valence-corrected chi connectivity index (χ3v) is 11.7. The quantitative estimate of drug-likeness (QED) is 0.180. The number of hydrogen-bond acceptors (Lipinski definition) is 1. The highest BCUT2D eigenvalue weighted by molar-refractivity contribution is 9.10. The first-order chi connectivity index (χ1) is 23.5. The summed E-state index contributed by atoms with van der Waals surface area (Å²) in [6, 6.07) is 58.9. The van der Waals surface area contributed by atoms with E-state index in [1.807, 2.05) is 0 Å². The van der Waals surface area contributed by atoms with Gasteiger partial charge in [0.2, 0.25) is 0 Å². The van der Waals surface area contributed by atoms with Crippen molar-refractivity contribution in [2.24, 2.45) is 0 Å². The number of benzene rings is 7. The van der Waals surface area contributed by atoms with Crippen molar-refractivity contribution in [3.63, 3.8) is 0 Å². The van der Waals surface area contributed by atoms with E-state index < -0.39 is 0 Å². The van der Waals surface area contributed by atoms with E-state index >= 15 is 0 Å². The summed E-state index contributed by atoms with van der Waals surface area (Å²) >= 11 is 3.69. The average molecular weight is 679 g/mol. The lowest BCUT2D eigenvalue weighted by Gasteiger charge is -2.32. The highest BCUT2D eigenvalue weighted by atomic mass is 79.9. The van der Waals surface area contributed by atoms with Crippen LogP contribution in [0.1, 0.15) is 47.2 Å². The van der Waals surface area contributed by atoms with Crippen LogP contribution >= 0.6 is 15.9 Å². The maximum atomic E-state index is 3.69. The molecular weight excluding hydrogens is 646 g/mol. The molecule has 10 rings (SSSR count). The molecule has 7 aromatic rings. The van der Waals surface area contributed by atoms with Crippen molar-refractivity contribution in [2.75, 3.05) is 4.90 Å². The van der Waals surface area contributed by atoms with Crippen molar-refractivity contribution in [3.05, 3.63) is 196 Å². The number of hydrogen-bond donors (Lipinski definition) is 0. The summed E-state index contributed by atoms with van der Waals surface area (Å²) in [5, 5.41) is 0. The van der Waals surface area contributed by atoms with Crippen molar-refractivity contribution >= 4 is 33.0 Å². The molecule has 3 aliphatic rings. The van der Waals surface area contributed by atoms with Gasteiger partial charge in [0.05, 0.1) is 5.41 Å². The highest BCUT2D eigenvalue weighted by Gasteiger charge is 2.51. The zero-order valence-electron chi connectivity index (χ0n) is 26.8. The Bertz CT molecular complexity index is 2390. The Kier molecular flexibility index (Phi) is 5.76. The molecule has 0 bridgehead atoms. The summed E-state index contributed by atoms with van der Waals surface area (Å²) in [7, 11) is 0. The molecule has 1 nitrogen and oxygen atoms in total. The Hall–Kier alpha value is -5.18. The van der Waals surface area contributed by atoms with Crippen LogP contribution in [0.3, 0.4) is 0 Å². The van der Waals surface area contributed by atoms with E-state index in [1.165, 1.54) is 66.8 Å². The maximum absolute atomic E-state index is 3.69. The predicted molar refractivity (Wildman–Crippen MR) is 203 cm³/mol. The van der Waals surface area contributed by atoms with Crippen LogP contribution in [0.2, 0.25) is 0 Å². The predicted octanol–water partition coefficient (Wildman–Crippen LogP) is 12.6. The van der Waals surface area contributed by atoms with Crippen molar-refractivity contribution in [2.45, 2.75) is 24.7 Å². The average Bonchev–Trinajstić information content (AvgIpc) is 3.68. The first kappa shape index (κ1) is 27.9. The monoisotopic (exact) mass is 677 g/mol. The van der Waals surface area contributed by atoms with Gasteiger partial charge in [-0.1, -0.05) is 139 Å². The first-order valence-corrected chi connectivity index (χ1v) is 17.5. The van der Waals surface area contributed by atoms with Gasteiger partial charge in [0.15, 0.2) is 0 Å². The summed E-state index contributed by atoms with van der Waals surface area (Å²) in [6.45, 7) is 4.72. The molecule has 228 valence electrons. The number of rotatable bonds is 3. The van der Waals surface area contributed by atoms with Crippen LogP contribution in [0, 0.1) is 0 Å². The molecule has 0 aromatic heterocycles. The van der Waals surface area contributed by atoms with E-state index in [1.54, 1.807) is 0 Å². The minimum atomic E-state index is -0.387. The fraction of sp³-hybridized carbons (Fsp3) is 0.0870. The molecule has 2 heteroatoms. The zero-order chi connectivity index (χ0) is 32.2. The molecule has 0 fully saturated rings. The maximum Gasteiger partial charge on any atom is 0.0726 e. The lowest BCUT2D eigenvalue weighted by molar-refractivity contribution is 0.660. The van der Waals surface area contributed by atoms with E-state index in [4.69, 9.17) is 0 Å². The summed E-state index contributed by atoms with van der Waals surface area (Å²) in [6.07, 6.45) is 0. The third kappa shape index (κ3) is 3.56. The molecule has 0 amide bonds. The van der Waals surface area contributed by atoms with Crippen molar-refractivity contribution < 1.29 is 0 Å². The molecule has 3 aliphatic carbocycles. The SMILES string of the molecule is CC1(C)c2ccccc2-c2ccc(N(c3ccc(Br)cc3)c3ccc4c(c3)C3(c5ccccc5-c5ccccc53)c3ccccc3-4)cc21. The normalized spacial score (nSPS) is 14.9. The molecule has 0 saturated carbocycles. The molecule has 0 unspecified atom stereocenters. The van der Waals surface area contributed by atoms with Gasteiger partial charge in [-0.15, -0.1) is 0 Å². The van der Waals surface area contributed by atoms with Gasteiger partial charge >= 0.3 is 0 Å². The zero-order valence-corrected chi connectivity index (χ0v) is 28.4. The van der Waals surface area contributed by atoms with Gasteiger partial charge in [-0.05, 0) is 115 Å². The van der Waals surface area contributed by atoms with Crippen LogP contribution in [0.5, 0.6) is 0 Å². The van der Waals surface area contributed by atoms with Gasteiger partial charge in [0.1, 0.15) is 0 Å². The fourth-order valence-electron chi connectivity index (χ4n) is 9.09. The van der Waals surface area contributed by atoms with Gasteiger partial charge in [-0.2, -0.15) is 0 Å². The lowest BCUT2D eigenvalue weighted by Crippen LogP contribution is -2.26. The smallest absolute Gasteiger partial charge is 0.0726 e. The molecule has 0 heterocycles. The minimum Gasteiger partial charge on any atom is -0.310 e. The first-order valence-electron chi connectivity index (χ1n) is 16.7. The van der Waals surface area contributed by atoms with Crippen LogP contribution < -0.4 is 4.90 Å². The molecule has 1 spiro atoms. The number of fused-ring (bicyclic) bond motifs is 13. The van der Waals surface area contributed by atoms with Gasteiger partial charge < -0.3 is 4.90 Å². The lowest BCUT2D eigenvalue weighted by atomic mass is 9.70. The van der Waals surface area contributed by atoms with Gasteiger partial charge in [-0.3, -0.25) is 0 Å². The number of halogens is 1. The standard InChI is InChI=1S/C46H32BrN/c1-45(2)39-15-7-3-11-33(39)37-25-23-31(27-43(37)45)48(30-21-19-29(47)20-22-30)32-24-26-38-36-14-6-10-18-42(36)46(44(38)28-32)40-16-8-4-12-34(40)35-13-5-9-17-41(35)46/h3-28H,1-2H3. The fourth-order valence-corrected chi connectivity index (χ4v) is 9.35. The highest BCUT2D eigenvalue weighted by Crippen LogP contribution is 2.63. The van der Waals surface area contributed by atoms with E-state index in [2.05, 4.69) is 192 Å². The van der Waals surface area contributed by atoms with Crippen LogP contribution in [0.15, 0.2) is 162 Å². The Morgan fingerprint density at radius 1 is 0.375 bits per heavy atom. The second kappa shape index (κ2) is 9.92. The Morgan fingerprint density at radius 3 is 1.27 bits per heavy atom. The molecular formula is C46H32BrN.